The van der Waals surface area contributed by atoms with Crippen LogP contribution in [0.3, 0.4) is 0 Å². The van der Waals surface area contributed by atoms with Crippen LogP contribution in [0.5, 0.6) is 0 Å². The molecule has 0 aliphatic carbocycles. The molecule has 0 atom stereocenters. The van der Waals surface area contributed by atoms with Crippen LogP contribution in [0.1, 0.15) is 99.3 Å². The van der Waals surface area contributed by atoms with Gasteiger partial charge in [0.2, 0.25) is 0 Å². The monoisotopic (exact) mass is 332 g/mol. The first-order chi connectivity index (χ1) is 11.3. The summed E-state index contributed by atoms with van der Waals surface area (Å²) in [4.78, 5) is 10.9. The summed E-state index contributed by atoms with van der Waals surface area (Å²) in [5.74, 6) is 1.10. The van der Waals surface area contributed by atoms with Crippen LogP contribution < -0.4 is 0 Å². The highest BCUT2D eigenvalue weighted by Crippen LogP contribution is 2.15. The normalized spacial score (nSPS) is 13.7. The molecule has 138 valence electrons. The molecule has 0 saturated carbocycles. The third-order valence-electron chi connectivity index (χ3n) is 4.40. The van der Waals surface area contributed by atoms with Crippen molar-refractivity contribution in [3.8, 4) is 0 Å². The fourth-order valence-corrected chi connectivity index (χ4v) is 2.71. The molecule has 0 fully saturated rings. The Morgan fingerprint density at radius 2 is 1.12 bits per heavy atom. The van der Waals surface area contributed by atoms with Gasteiger partial charge in [-0.2, -0.15) is 0 Å². The molecule has 0 heterocycles. The molecule has 0 aromatic rings. The van der Waals surface area contributed by atoms with E-state index in [1.807, 2.05) is 0 Å². The molecule has 24 heavy (non-hydrogen) atoms. The van der Waals surface area contributed by atoms with Crippen molar-refractivity contribution >= 4 is 5.78 Å². The molecule has 0 aliphatic rings. The summed E-state index contributed by atoms with van der Waals surface area (Å²) < 4.78 is 0. The van der Waals surface area contributed by atoms with E-state index in [-0.39, 0.29) is 5.78 Å². The van der Waals surface area contributed by atoms with Crippen molar-refractivity contribution in [3.63, 3.8) is 0 Å². The van der Waals surface area contributed by atoms with Crippen LogP contribution in [0.4, 0.5) is 0 Å². The number of rotatable bonds is 13. The third-order valence-corrected chi connectivity index (χ3v) is 4.40. The third kappa shape index (κ3) is 15.8. The highest BCUT2D eigenvalue weighted by Gasteiger charge is 1.96. The maximum Gasteiger partial charge on any atom is 0.130 e. The van der Waals surface area contributed by atoms with Crippen LogP contribution in [0.25, 0.3) is 0 Å². The Bertz CT molecular complexity index is 435. The summed E-state index contributed by atoms with van der Waals surface area (Å²) in [6, 6.07) is 0. The molecule has 0 saturated heterocycles. The van der Waals surface area contributed by atoms with Crippen LogP contribution >= 0.6 is 0 Å². The Hall–Kier alpha value is -1.11. The zero-order chi connectivity index (χ0) is 18.4. The molecule has 0 aromatic heterocycles. The van der Waals surface area contributed by atoms with Gasteiger partial charge in [0.05, 0.1) is 0 Å². The minimum Gasteiger partial charge on any atom is -0.300 e. The highest BCUT2D eigenvalue weighted by molar-refractivity contribution is 5.75. The first-order valence-corrected chi connectivity index (χ1v) is 9.77. The summed E-state index contributed by atoms with van der Waals surface area (Å²) in [6.07, 6.45) is 17.1. The Morgan fingerprint density at radius 1 is 0.708 bits per heavy atom. The van der Waals surface area contributed by atoms with Gasteiger partial charge in [0, 0.05) is 6.42 Å². The van der Waals surface area contributed by atoms with Crippen LogP contribution in [0.2, 0.25) is 0 Å². The Morgan fingerprint density at radius 3 is 1.54 bits per heavy atom. The Kier molecular flexibility index (Phi) is 13.6. The van der Waals surface area contributed by atoms with Crippen molar-refractivity contribution in [1.82, 2.24) is 0 Å². The second-order valence-electron chi connectivity index (χ2n) is 7.76. The van der Waals surface area contributed by atoms with Gasteiger partial charge in [0.1, 0.15) is 5.78 Å². The molecule has 0 radical (unpaired) electrons. The minimum absolute atomic E-state index is 0.280. The standard InChI is InChI=1S/C23H40O/c1-19(2)11-7-12-20(3)13-8-14-21(4)15-9-16-22(5)17-10-18-23(6)24/h13,15,17,19H,7-12,14,16,18H2,1-6H3/b20-13+,21-15-,22-17+. The zero-order valence-electron chi connectivity index (χ0n) is 17.1. The molecule has 0 amide bonds. The Labute approximate surface area is 151 Å². The van der Waals surface area contributed by atoms with E-state index in [1.165, 1.54) is 43.3 Å². The summed E-state index contributed by atoms with van der Waals surface area (Å²) >= 11 is 0. The first kappa shape index (κ1) is 22.9. The average Bonchev–Trinajstić information content (AvgIpc) is 2.46. The van der Waals surface area contributed by atoms with E-state index in [4.69, 9.17) is 0 Å². The fourth-order valence-electron chi connectivity index (χ4n) is 2.71. The largest absolute Gasteiger partial charge is 0.300 e. The molecular weight excluding hydrogens is 292 g/mol. The average molecular weight is 333 g/mol. The van der Waals surface area contributed by atoms with E-state index in [0.29, 0.717) is 6.42 Å². The summed E-state index contributed by atoms with van der Waals surface area (Å²) in [5, 5.41) is 0. The van der Waals surface area contributed by atoms with Gasteiger partial charge >= 0.3 is 0 Å². The zero-order valence-corrected chi connectivity index (χ0v) is 17.1. The molecule has 0 aromatic carbocycles. The minimum atomic E-state index is 0.280. The highest BCUT2D eigenvalue weighted by atomic mass is 16.1. The lowest BCUT2D eigenvalue weighted by Crippen LogP contribution is -1.88. The molecule has 0 unspecified atom stereocenters. The van der Waals surface area contributed by atoms with Gasteiger partial charge in [-0.05, 0) is 78.6 Å². The predicted molar refractivity (Wildman–Crippen MR) is 108 cm³/mol. The van der Waals surface area contributed by atoms with E-state index in [9.17, 15) is 4.79 Å². The molecule has 0 N–H and O–H groups in total. The molecule has 0 spiro atoms. The van der Waals surface area contributed by atoms with Crippen molar-refractivity contribution in [2.45, 2.75) is 99.3 Å². The molecule has 0 rings (SSSR count). The Balaban J connectivity index is 3.92. The van der Waals surface area contributed by atoms with Crippen molar-refractivity contribution in [1.29, 1.82) is 0 Å². The number of carbonyl (C=O) groups excluding carboxylic acids is 1. The molecular formula is C23H40O. The number of Topliss-reactive ketones (excluding diaryl/α,β-unsaturated/α-hetero) is 1. The van der Waals surface area contributed by atoms with Crippen molar-refractivity contribution in [2.75, 3.05) is 0 Å². The second kappa shape index (κ2) is 14.3. The quantitative estimate of drug-likeness (QED) is 0.318. The summed E-state index contributed by atoms with van der Waals surface area (Å²) in [5.41, 5.74) is 4.45. The molecule has 1 heteroatoms. The molecule has 1 nitrogen and oxygen atoms in total. The van der Waals surface area contributed by atoms with Gasteiger partial charge in [-0.15, -0.1) is 0 Å². The summed E-state index contributed by atoms with van der Waals surface area (Å²) in [7, 11) is 0. The maximum atomic E-state index is 10.9. The van der Waals surface area contributed by atoms with Gasteiger partial charge in [-0.3, -0.25) is 0 Å². The number of ketones is 1. The second-order valence-corrected chi connectivity index (χ2v) is 7.76. The van der Waals surface area contributed by atoms with Crippen molar-refractivity contribution < 1.29 is 4.79 Å². The lowest BCUT2D eigenvalue weighted by molar-refractivity contribution is -0.116. The predicted octanol–water partition coefficient (Wildman–Crippen LogP) is 7.58. The number of hydrogen-bond donors (Lipinski definition) is 0. The van der Waals surface area contributed by atoms with E-state index >= 15 is 0 Å². The number of hydrogen-bond acceptors (Lipinski definition) is 1. The van der Waals surface area contributed by atoms with Gasteiger partial charge in [0.25, 0.3) is 0 Å². The van der Waals surface area contributed by atoms with Crippen LogP contribution in [-0.4, -0.2) is 5.78 Å². The van der Waals surface area contributed by atoms with Gasteiger partial charge in [-0.1, -0.05) is 55.2 Å². The maximum absolute atomic E-state index is 10.9. The number of allylic oxidation sites excluding steroid dienone is 6. The molecule has 0 bridgehead atoms. The first-order valence-electron chi connectivity index (χ1n) is 9.77. The van der Waals surface area contributed by atoms with Crippen LogP contribution in [0.15, 0.2) is 34.9 Å². The lowest BCUT2D eigenvalue weighted by atomic mass is 10.0. The summed E-state index contributed by atoms with van der Waals surface area (Å²) in [6.45, 7) is 13.0. The van der Waals surface area contributed by atoms with Crippen molar-refractivity contribution in [3.05, 3.63) is 34.9 Å². The van der Waals surface area contributed by atoms with Crippen LogP contribution in [0, 0.1) is 5.92 Å². The SMILES string of the molecule is CC(=O)CC/C=C(\C)CC/C=C(/C)CC/C=C(\C)CCCC(C)C. The molecule has 0 aliphatic heterocycles. The topological polar surface area (TPSA) is 17.1 Å². The van der Waals surface area contributed by atoms with E-state index in [1.54, 1.807) is 12.5 Å². The van der Waals surface area contributed by atoms with E-state index in [0.717, 1.165) is 25.2 Å². The van der Waals surface area contributed by atoms with E-state index in [2.05, 4.69) is 52.8 Å². The van der Waals surface area contributed by atoms with E-state index < -0.39 is 0 Å². The van der Waals surface area contributed by atoms with Gasteiger partial charge in [-0.25, -0.2) is 0 Å². The number of carbonyl (C=O) groups is 1. The van der Waals surface area contributed by atoms with Crippen LogP contribution in [-0.2, 0) is 4.79 Å². The lowest BCUT2D eigenvalue weighted by Gasteiger charge is -2.05. The van der Waals surface area contributed by atoms with Gasteiger partial charge < -0.3 is 4.79 Å². The van der Waals surface area contributed by atoms with Crippen molar-refractivity contribution in [2.24, 2.45) is 5.92 Å². The smallest absolute Gasteiger partial charge is 0.130 e. The van der Waals surface area contributed by atoms with Gasteiger partial charge in [0.15, 0.2) is 0 Å². The fraction of sp³-hybridized carbons (Fsp3) is 0.696.